The molecular formula is C34H48O4. The molecule has 38 heavy (non-hydrogen) atoms. The topological polar surface area (TPSA) is 63.6 Å². The van der Waals surface area contributed by atoms with Crippen LogP contribution in [0.25, 0.3) is 0 Å². The molecule has 5 rings (SSSR count). The van der Waals surface area contributed by atoms with Crippen LogP contribution in [0.3, 0.4) is 0 Å². The number of hydrogen-bond donors (Lipinski definition) is 1. The van der Waals surface area contributed by atoms with Crippen LogP contribution in [-0.4, -0.2) is 23.0 Å². The van der Waals surface area contributed by atoms with Crippen LogP contribution in [0.15, 0.2) is 42.0 Å². The highest BCUT2D eigenvalue weighted by Gasteiger charge is 2.64. The van der Waals surface area contributed by atoms with Gasteiger partial charge in [0.15, 0.2) is 5.78 Å². The Morgan fingerprint density at radius 1 is 1.08 bits per heavy atom. The fraction of sp³-hybridized carbons (Fsp3) is 0.706. The number of allylic oxidation sites excluding steroid dienone is 2. The molecule has 0 aromatic heterocycles. The Bertz CT molecular complexity index is 1050. The van der Waals surface area contributed by atoms with Gasteiger partial charge < -0.3 is 9.84 Å². The average Bonchev–Trinajstić information content (AvgIpc) is 3.26. The van der Waals surface area contributed by atoms with Gasteiger partial charge in [-0.25, -0.2) is 0 Å². The smallest absolute Gasteiger partial charge is 0.306 e. The van der Waals surface area contributed by atoms with Gasteiger partial charge in [0.25, 0.3) is 0 Å². The molecule has 4 nitrogen and oxygen atoms in total. The monoisotopic (exact) mass is 520 g/mol. The zero-order chi connectivity index (χ0) is 27.1. The number of rotatable bonds is 7. The minimum atomic E-state index is -0.270. The number of ether oxygens (including phenoxy) is 1. The fourth-order valence-electron chi connectivity index (χ4n) is 9.74. The Morgan fingerprint density at radius 2 is 1.79 bits per heavy atom. The molecule has 0 bridgehead atoms. The molecule has 0 spiro atoms. The Balaban J connectivity index is 1.22. The van der Waals surface area contributed by atoms with Crippen molar-refractivity contribution in [2.24, 2.45) is 46.3 Å². The summed E-state index contributed by atoms with van der Waals surface area (Å²) in [6, 6.07) is 9.86. The Kier molecular flexibility index (Phi) is 7.93. The van der Waals surface area contributed by atoms with E-state index in [4.69, 9.17) is 4.74 Å². The summed E-state index contributed by atoms with van der Waals surface area (Å²) >= 11 is 0. The summed E-state index contributed by atoms with van der Waals surface area (Å²) in [6.07, 6.45) is 11.5. The van der Waals surface area contributed by atoms with Crippen molar-refractivity contribution in [3.8, 4) is 0 Å². The number of aliphatic hydroxyl groups excluding tert-OH is 1. The van der Waals surface area contributed by atoms with E-state index in [-0.39, 0.29) is 34.7 Å². The summed E-state index contributed by atoms with van der Waals surface area (Å²) in [6.45, 7) is 9.67. The lowest BCUT2D eigenvalue weighted by molar-refractivity contribution is -0.150. The maximum atomic E-state index is 14.1. The summed E-state index contributed by atoms with van der Waals surface area (Å²) < 4.78 is 5.49. The van der Waals surface area contributed by atoms with Crippen molar-refractivity contribution in [3.05, 3.63) is 47.5 Å². The summed E-state index contributed by atoms with van der Waals surface area (Å²) in [7, 11) is 0. The predicted octanol–water partition coefficient (Wildman–Crippen LogP) is 7.29. The minimum absolute atomic E-state index is 0.107. The van der Waals surface area contributed by atoms with Gasteiger partial charge in [-0.3, -0.25) is 9.59 Å². The Morgan fingerprint density at radius 3 is 2.53 bits per heavy atom. The molecule has 0 heterocycles. The van der Waals surface area contributed by atoms with E-state index >= 15 is 0 Å². The van der Waals surface area contributed by atoms with Gasteiger partial charge in [-0.1, -0.05) is 57.2 Å². The van der Waals surface area contributed by atoms with Gasteiger partial charge in [-0.15, -0.1) is 0 Å². The number of aliphatic hydroxyl groups is 1. The SMILES string of the molecule is C/C=C1/C(=O)[C@@H]2[C@H](CC[C@]3(C)[C@@H]([C@H](C)CCCC(=O)OCc4ccccc4)CC[C@@H]23)[C@@]2(C)CC[C@@H](O)C[C@@H]12. The number of fused-ring (bicyclic) bond motifs is 5. The average molecular weight is 521 g/mol. The van der Waals surface area contributed by atoms with Crippen LogP contribution in [0, 0.1) is 46.3 Å². The van der Waals surface area contributed by atoms with Gasteiger partial charge in [0.1, 0.15) is 6.61 Å². The normalized spacial score (nSPS) is 40.2. The van der Waals surface area contributed by atoms with Crippen molar-refractivity contribution < 1.29 is 19.4 Å². The number of ketones is 1. The maximum Gasteiger partial charge on any atom is 0.306 e. The van der Waals surface area contributed by atoms with Gasteiger partial charge in [0.2, 0.25) is 0 Å². The van der Waals surface area contributed by atoms with E-state index < -0.39 is 0 Å². The molecule has 0 aliphatic heterocycles. The first-order chi connectivity index (χ1) is 18.2. The summed E-state index contributed by atoms with van der Waals surface area (Å²) in [5, 5.41) is 10.5. The first kappa shape index (κ1) is 27.6. The van der Waals surface area contributed by atoms with E-state index in [9.17, 15) is 14.7 Å². The molecule has 4 aliphatic rings. The van der Waals surface area contributed by atoms with Crippen LogP contribution in [-0.2, 0) is 20.9 Å². The van der Waals surface area contributed by atoms with Gasteiger partial charge in [-0.05, 0) is 116 Å². The lowest BCUT2D eigenvalue weighted by atomic mass is 9.43. The van der Waals surface area contributed by atoms with Crippen molar-refractivity contribution in [1.29, 1.82) is 0 Å². The largest absolute Gasteiger partial charge is 0.461 e. The van der Waals surface area contributed by atoms with Crippen molar-refractivity contribution in [2.75, 3.05) is 0 Å². The highest BCUT2D eigenvalue weighted by molar-refractivity contribution is 5.99. The lowest BCUT2D eigenvalue weighted by Gasteiger charge is -2.61. The minimum Gasteiger partial charge on any atom is -0.461 e. The van der Waals surface area contributed by atoms with E-state index in [1.165, 1.54) is 12.8 Å². The van der Waals surface area contributed by atoms with Crippen LogP contribution < -0.4 is 0 Å². The zero-order valence-corrected chi connectivity index (χ0v) is 24.0. The molecular weight excluding hydrogens is 472 g/mol. The third-order valence-corrected chi connectivity index (χ3v) is 11.8. The number of carbonyl (C=O) groups excluding carboxylic acids is 2. The quantitative estimate of drug-likeness (QED) is 0.303. The highest BCUT2D eigenvalue weighted by Crippen LogP contribution is 2.68. The maximum absolute atomic E-state index is 14.1. The first-order valence-corrected chi connectivity index (χ1v) is 15.3. The molecule has 0 amide bonds. The van der Waals surface area contributed by atoms with Crippen molar-refractivity contribution in [1.82, 2.24) is 0 Å². The molecule has 9 atom stereocenters. The van der Waals surface area contributed by atoms with Gasteiger partial charge in [0.05, 0.1) is 6.10 Å². The number of Topliss-reactive ketones (excluding diaryl/α,β-unsaturated/α-hetero) is 1. The van der Waals surface area contributed by atoms with Crippen LogP contribution >= 0.6 is 0 Å². The van der Waals surface area contributed by atoms with E-state index in [1.807, 2.05) is 37.3 Å². The second kappa shape index (κ2) is 10.9. The molecule has 0 radical (unpaired) electrons. The molecule has 4 heteroatoms. The number of esters is 1. The van der Waals surface area contributed by atoms with Crippen LogP contribution in [0.1, 0.15) is 97.5 Å². The van der Waals surface area contributed by atoms with Crippen LogP contribution in [0.5, 0.6) is 0 Å². The van der Waals surface area contributed by atoms with E-state index in [2.05, 4.69) is 26.8 Å². The standard InChI is InChI=1S/C34H48O4/c1-5-25-29-20-24(35)16-18-34(29,4)28-17-19-33(3)26(14-15-27(33)31(28)32(25)37)22(2)10-9-13-30(36)38-21-23-11-7-6-8-12-23/h5-8,11-12,22,24,26-29,31,35H,9-10,13-21H2,1-4H3/b25-5+/t22-,24-,26-,27+,28+,29+,31+,33-,34-/m1/s1. The third kappa shape index (κ3) is 4.80. The molecule has 0 unspecified atom stereocenters. The number of hydrogen-bond acceptors (Lipinski definition) is 4. The number of benzene rings is 1. The molecule has 1 aromatic carbocycles. The van der Waals surface area contributed by atoms with Gasteiger partial charge in [0, 0.05) is 12.3 Å². The summed E-state index contributed by atoms with van der Waals surface area (Å²) in [5.74, 6) is 2.70. The second-order valence-electron chi connectivity index (χ2n) is 13.6. The van der Waals surface area contributed by atoms with Gasteiger partial charge >= 0.3 is 5.97 Å². The molecule has 4 saturated carbocycles. The van der Waals surface area contributed by atoms with Crippen LogP contribution in [0.4, 0.5) is 0 Å². The van der Waals surface area contributed by atoms with E-state index in [0.717, 1.165) is 56.1 Å². The predicted molar refractivity (Wildman–Crippen MR) is 150 cm³/mol. The van der Waals surface area contributed by atoms with Crippen molar-refractivity contribution in [3.63, 3.8) is 0 Å². The molecule has 1 N–H and O–H groups in total. The highest BCUT2D eigenvalue weighted by atomic mass is 16.5. The van der Waals surface area contributed by atoms with E-state index in [0.29, 0.717) is 42.5 Å². The summed E-state index contributed by atoms with van der Waals surface area (Å²) in [4.78, 5) is 26.4. The molecule has 208 valence electrons. The number of carbonyl (C=O) groups is 2. The first-order valence-electron chi connectivity index (χ1n) is 15.3. The van der Waals surface area contributed by atoms with E-state index in [1.54, 1.807) is 0 Å². The third-order valence-electron chi connectivity index (χ3n) is 11.8. The Hall–Kier alpha value is -1.94. The Labute approximate surface area is 229 Å². The molecule has 4 fully saturated rings. The fourth-order valence-corrected chi connectivity index (χ4v) is 9.74. The van der Waals surface area contributed by atoms with Crippen molar-refractivity contribution in [2.45, 2.75) is 105 Å². The lowest BCUT2D eigenvalue weighted by Crippen LogP contribution is -2.58. The van der Waals surface area contributed by atoms with Crippen LogP contribution in [0.2, 0.25) is 0 Å². The summed E-state index contributed by atoms with van der Waals surface area (Å²) in [5.41, 5.74) is 2.37. The molecule has 4 aliphatic carbocycles. The van der Waals surface area contributed by atoms with Crippen molar-refractivity contribution >= 4 is 11.8 Å². The second-order valence-corrected chi connectivity index (χ2v) is 13.6. The molecule has 1 aromatic rings. The zero-order valence-electron chi connectivity index (χ0n) is 24.0. The molecule has 0 saturated heterocycles. The van der Waals surface area contributed by atoms with Gasteiger partial charge in [-0.2, -0.15) is 0 Å².